The Hall–Kier alpha value is -2.38. The van der Waals surface area contributed by atoms with Crippen molar-refractivity contribution in [2.75, 3.05) is 6.61 Å². The van der Waals surface area contributed by atoms with Crippen LogP contribution in [0.5, 0.6) is 0 Å². The average molecular weight is 285 g/mol. The number of aliphatic hydroxyl groups is 1. The Balaban J connectivity index is 2.22. The molecule has 0 aliphatic carbocycles. The summed E-state index contributed by atoms with van der Waals surface area (Å²) in [5, 5.41) is 8.64. The lowest BCUT2D eigenvalue weighted by atomic mass is 10.1. The van der Waals surface area contributed by atoms with E-state index in [1.807, 2.05) is 13.0 Å². The number of aromatic nitrogens is 1. The number of aliphatic hydroxyl groups excluding tert-OH is 1. The van der Waals surface area contributed by atoms with Crippen LogP contribution in [0.2, 0.25) is 0 Å². The Morgan fingerprint density at radius 3 is 2.76 bits per heavy atom. The normalized spacial score (nSPS) is 10.0. The lowest BCUT2D eigenvalue weighted by molar-refractivity contribution is 0.305. The summed E-state index contributed by atoms with van der Waals surface area (Å²) in [5.41, 5.74) is 1.72. The second kappa shape index (κ2) is 6.87. The van der Waals surface area contributed by atoms with Crippen molar-refractivity contribution in [3.8, 4) is 11.8 Å². The van der Waals surface area contributed by atoms with Crippen molar-refractivity contribution in [3.63, 3.8) is 0 Å². The van der Waals surface area contributed by atoms with E-state index in [-0.39, 0.29) is 18.7 Å². The van der Waals surface area contributed by atoms with Gasteiger partial charge in [-0.2, -0.15) is 0 Å². The summed E-state index contributed by atoms with van der Waals surface area (Å²) in [6.07, 6.45) is 2.02. The van der Waals surface area contributed by atoms with E-state index in [4.69, 9.17) is 5.11 Å². The van der Waals surface area contributed by atoms with E-state index in [1.54, 1.807) is 18.3 Å². The van der Waals surface area contributed by atoms with Crippen LogP contribution in [0.3, 0.4) is 0 Å². The van der Waals surface area contributed by atoms with Crippen LogP contribution in [0.25, 0.3) is 0 Å². The van der Waals surface area contributed by atoms with Crippen LogP contribution in [0, 0.1) is 24.6 Å². The highest BCUT2D eigenvalue weighted by Crippen LogP contribution is 2.11. The summed E-state index contributed by atoms with van der Waals surface area (Å²) >= 11 is 0. The lowest BCUT2D eigenvalue weighted by Gasteiger charge is -2.07. The van der Waals surface area contributed by atoms with Gasteiger partial charge in [-0.25, -0.2) is 4.39 Å². The van der Waals surface area contributed by atoms with Gasteiger partial charge in [0.05, 0.1) is 13.2 Å². The summed E-state index contributed by atoms with van der Waals surface area (Å²) in [5.74, 6) is 5.13. The molecule has 0 amide bonds. The first kappa shape index (κ1) is 15.0. The number of rotatable bonds is 3. The Kier molecular flexibility index (Phi) is 4.91. The van der Waals surface area contributed by atoms with E-state index >= 15 is 0 Å². The third-order valence-corrected chi connectivity index (χ3v) is 3.01. The monoisotopic (exact) mass is 285 g/mol. The third kappa shape index (κ3) is 4.04. The molecule has 3 nitrogen and oxygen atoms in total. The molecule has 0 saturated heterocycles. The highest BCUT2D eigenvalue weighted by atomic mass is 19.1. The van der Waals surface area contributed by atoms with E-state index < -0.39 is 5.82 Å². The molecule has 0 saturated carbocycles. The quantitative estimate of drug-likeness (QED) is 0.877. The van der Waals surface area contributed by atoms with Crippen molar-refractivity contribution in [2.24, 2.45) is 0 Å². The molecule has 0 bridgehead atoms. The molecule has 21 heavy (non-hydrogen) atoms. The molecule has 0 unspecified atom stereocenters. The van der Waals surface area contributed by atoms with Gasteiger partial charge in [0, 0.05) is 29.8 Å². The minimum absolute atomic E-state index is 0.0100. The molecule has 0 aliphatic rings. The highest BCUT2D eigenvalue weighted by Gasteiger charge is 2.05. The molecule has 0 radical (unpaired) electrons. The first-order valence-corrected chi connectivity index (χ1v) is 6.65. The van der Waals surface area contributed by atoms with Gasteiger partial charge in [-0.3, -0.25) is 4.79 Å². The van der Waals surface area contributed by atoms with Gasteiger partial charge in [0.2, 0.25) is 0 Å². The minimum Gasteiger partial charge on any atom is -0.395 e. The first-order valence-electron chi connectivity index (χ1n) is 6.65. The van der Waals surface area contributed by atoms with Gasteiger partial charge in [-0.1, -0.05) is 17.9 Å². The van der Waals surface area contributed by atoms with Gasteiger partial charge in [0.25, 0.3) is 5.56 Å². The fraction of sp³-hybridized carbons (Fsp3) is 0.235. The smallest absolute Gasteiger partial charge is 0.251 e. The molecule has 108 valence electrons. The lowest BCUT2D eigenvalue weighted by Crippen LogP contribution is -2.19. The summed E-state index contributed by atoms with van der Waals surface area (Å²) in [6.45, 7) is 2.02. The first-order chi connectivity index (χ1) is 10.1. The maximum atomic E-state index is 14.0. The maximum Gasteiger partial charge on any atom is 0.251 e. The van der Waals surface area contributed by atoms with Crippen molar-refractivity contribution in [3.05, 3.63) is 69.4 Å². The fourth-order valence-electron chi connectivity index (χ4n) is 1.89. The van der Waals surface area contributed by atoms with Gasteiger partial charge in [0.15, 0.2) is 0 Å². The van der Waals surface area contributed by atoms with Crippen molar-refractivity contribution in [2.45, 2.75) is 19.9 Å². The number of benzene rings is 1. The molecule has 2 rings (SSSR count). The Bertz CT molecular complexity index is 753. The van der Waals surface area contributed by atoms with Crippen molar-refractivity contribution in [1.29, 1.82) is 0 Å². The SMILES string of the molecule is Cc1ccn(Cc2ccc(C#CCCO)cc2F)c(=O)c1. The van der Waals surface area contributed by atoms with E-state index in [9.17, 15) is 9.18 Å². The summed E-state index contributed by atoms with van der Waals surface area (Å²) in [6, 6.07) is 8.02. The van der Waals surface area contributed by atoms with E-state index in [2.05, 4.69) is 11.8 Å². The van der Waals surface area contributed by atoms with Crippen molar-refractivity contribution in [1.82, 2.24) is 4.57 Å². The standard InChI is InChI=1S/C17H16FNO2/c1-13-7-8-19(17(21)10-13)12-15-6-5-14(11-16(15)18)4-2-3-9-20/h5-8,10-11,20H,3,9,12H2,1H3. The zero-order valence-electron chi connectivity index (χ0n) is 11.8. The van der Waals surface area contributed by atoms with Gasteiger partial charge in [-0.05, 0) is 30.7 Å². The van der Waals surface area contributed by atoms with Crippen LogP contribution in [-0.2, 0) is 6.54 Å². The minimum atomic E-state index is -0.390. The molecule has 0 aliphatic heterocycles. The molecule has 4 heteroatoms. The summed E-state index contributed by atoms with van der Waals surface area (Å²) in [4.78, 5) is 11.8. The van der Waals surface area contributed by atoms with Crippen LogP contribution in [0.15, 0.2) is 41.3 Å². The van der Waals surface area contributed by atoms with Gasteiger partial charge in [-0.15, -0.1) is 0 Å². The van der Waals surface area contributed by atoms with Crippen LogP contribution in [0.1, 0.15) is 23.1 Å². The van der Waals surface area contributed by atoms with Crippen LogP contribution >= 0.6 is 0 Å². The van der Waals surface area contributed by atoms with Crippen LogP contribution in [0.4, 0.5) is 4.39 Å². The van der Waals surface area contributed by atoms with Crippen molar-refractivity contribution >= 4 is 0 Å². The molecule has 2 aromatic rings. The molecular weight excluding hydrogens is 269 g/mol. The zero-order valence-corrected chi connectivity index (χ0v) is 11.8. The molecule has 1 heterocycles. The molecular formula is C17H16FNO2. The van der Waals surface area contributed by atoms with Crippen LogP contribution in [-0.4, -0.2) is 16.3 Å². The highest BCUT2D eigenvalue weighted by molar-refractivity contribution is 5.37. The molecule has 0 spiro atoms. The predicted octanol–water partition coefficient (Wildman–Crippen LogP) is 2.08. The summed E-state index contributed by atoms with van der Waals surface area (Å²) < 4.78 is 15.5. The van der Waals surface area contributed by atoms with Gasteiger partial charge < -0.3 is 9.67 Å². The van der Waals surface area contributed by atoms with Crippen molar-refractivity contribution < 1.29 is 9.50 Å². The van der Waals surface area contributed by atoms with Gasteiger partial charge >= 0.3 is 0 Å². The number of aryl methyl sites for hydroxylation is 1. The predicted molar refractivity (Wildman–Crippen MR) is 79.5 cm³/mol. The number of hydrogen-bond donors (Lipinski definition) is 1. The topological polar surface area (TPSA) is 42.2 Å². The third-order valence-electron chi connectivity index (χ3n) is 3.01. The second-order valence-electron chi connectivity index (χ2n) is 4.75. The largest absolute Gasteiger partial charge is 0.395 e. The Morgan fingerprint density at radius 1 is 1.29 bits per heavy atom. The number of halogens is 1. The number of pyridine rings is 1. The van der Waals surface area contributed by atoms with Gasteiger partial charge in [0.1, 0.15) is 5.82 Å². The van der Waals surface area contributed by atoms with E-state index in [0.717, 1.165) is 5.56 Å². The Morgan fingerprint density at radius 2 is 2.10 bits per heavy atom. The van der Waals surface area contributed by atoms with Crippen LogP contribution < -0.4 is 5.56 Å². The average Bonchev–Trinajstić information content (AvgIpc) is 2.44. The number of nitrogens with zero attached hydrogens (tertiary/aromatic N) is 1. The van der Waals surface area contributed by atoms with E-state index in [1.165, 1.54) is 16.7 Å². The molecule has 1 N–H and O–H groups in total. The molecule has 0 atom stereocenters. The fourth-order valence-corrected chi connectivity index (χ4v) is 1.89. The number of hydrogen-bond acceptors (Lipinski definition) is 2. The molecule has 1 aromatic carbocycles. The van der Waals surface area contributed by atoms with E-state index in [0.29, 0.717) is 17.5 Å². The Labute approximate surface area is 122 Å². The zero-order chi connectivity index (χ0) is 15.2. The molecule has 0 fully saturated rings. The maximum absolute atomic E-state index is 14.0. The molecule has 1 aromatic heterocycles. The summed E-state index contributed by atoms with van der Waals surface area (Å²) in [7, 11) is 0. The second-order valence-corrected chi connectivity index (χ2v) is 4.75.